The van der Waals surface area contributed by atoms with Gasteiger partial charge in [-0.2, -0.15) is 4.99 Å². The maximum Gasteiger partial charge on any atom is 0.220 e. The molecule has 25 heavy (non-hydrogen) atoms. The van der Waals surface area contributed by atoms with Gasteiger partial charge >= 0.3 is 0 Å². The van der Waals surface area contributed by atoms with E-state index in [2.05, 4.69) is 39.5 Å². The number of hydrogen-bond donors (Lipinski definition) is 3. The summed E-state index contributed by atoms with van der Waals surface area (Å²) in [4.78, 5) is 11.1. The van der Waals surface area contributed by atoms with Crippen molar-refractivity contribution in [2.75, 3.05) is 18.0 Å². The predicted octanol–water partition coefficient (Wildman–Crippen LogP) is 2.26. The number of anilines is 1. The van der Waals surface area contributed by atoms with Crippen molar-refractivity contribution >= 4 is 17.6 Å². The summed E-state index contributed by atoms with van der Waals surface area (Å²) in [6.45, 7) is 2.20. The zero-order chi connectivity index (χ0) is 17.3. The Kier molecular flexibility index (Phi) is 4.37. The van der Waals surface area contributed by atoms with E-state index in [4.69, 9.17) is 16.5 Å². The zero-order valence-electron chi connectivity index (χ0n) is 14.7. The van der Waals surface area contributed by atoms with E-state index in [0.717, 1.165) is 44.5 Å². The molecule has 1 aromatic rings. The first-order valence-electron chi connectivity index (χ1n) is 9.48. The molecule has 0 bridgehead atoms. The predicted molar refractivity (Wildman–Crippen MR) is 103 cm³/mol. The van der Waals surface area contributed by atoms with Crippen LogP contribution in [0.5, 0.6) is 0 Å². The Morgan fingerprint density at radius 2 is 1.80 bits per heavy atom. The molecule has 1 unspecified atom stereocenters. The molecule has 1 saturated carbocycles. The molecule has 1 aliphatic carbocycles. The van der Waals surface area contributed by atoms with Gasteiger partial charge in [0.05, 0.1) is 0 Å². The minimum absolute atomic E-state index is 0.306. The van der Waals surface area contributed by atoms with Crippen molar-refractivity contribution in [3.8, 4) is 0 Å². The fourth-order valence-corrected chi connectivity index (χ4v) is 4.53. The summed E-state index contributed by atoms with van der Waals surface area (Å²) in [6, 6.07) is 8.80. The highest BCUT2D eigenvalue weighted by molar-refractivity contribution is 6.05. The lowest BCUT2D eigenvalue weighted by molar-refractivity contribution is 0.305. The standard InChI is InChI=1S/C19H28N6/c20-17-23-18(21)25(19(24-17)10-2-1-3-11-19)16-8-6-14(7-9-16)15-5-4-12-22-13-15/h6-9,15,22H,1-5,10-13H2,(H4,20,21,23,24). The Morgan fingerprint density at radius 3 is 2.48 bits per heavy atom. The van der Waals surface area contributed by atoms with Gasteiger partial charge in [-0.05, 0) is 68.7 Å². The summed E-state index contributed by atoms with van der Waals surface area (Å²) >= 11 is 0. The van der Waals surface area contributed by atoms with Crippen molar-refractivity contribution in [2.45, 2.75) is 56.5 Å². The maximum absolute atomic E-state index is 6.29. The second-order valence-electron chi connectivity index (χ2n) is 7.45. The minimum Gasteiger partial charge on any atom is -0.369 e. The van der Waals surface area contributed by atoms with Crippen LogP contribution >= 0.6 is 0 Å². The number of nitrogens with one attached hydrogen (secondary N) is 1. The van der Waals surface area contributed by atoms with Crippen LogP contribution in [-0.2, 0) is 0 Å². The molecule has 6 heteroatoms. The van der Waals surface area contributed by atoms with Gasteiger partial charge < -0.3 is 16.8 Å². The van der Waals surface area contributed by atoms with Crippen molar-refractivity contribution in [1.82, 2.24) is 5.32 Å². The van der Waals surface area contributed by atoms with Gasteiger partial charge in [-0.15, -0.1) is 0 Å². The Bertz CT molecular complexity index is 666. The van der Waals surface area contributed by atoms with Gasteiger partial charge in [-0.25, -0.2) is 4.99 Å². The molecule has 2 fully saturated rings. The Morgan fingerprint density at radius 1 is 1.04 bits per heavy atom. The summed E-state index contributed by atoms with van der Waals surface area (Å²) < 4.78 is 0. The van der Waals surface area contributed by atoms with Crippen LogP contribution in [0.25, 0.3) is 0 Å². The SMILES string of the molecule is NC1=NC2(CCCCC2)N(c2ccc(C3CCCNC3)cc2)C(N)=N1. The summed E-state index contributed by atoms with van der Waals surface area (Å²) in [5, 5.41) is 3.49. The van der Waals surface area contributed by atoms with Gasteiger partial charge in [-0.3, -0.25) is 4.90 Å². The summed E-state index contributed by atoms with van der Waals surface area (Å²) in [5.74, 6) is 1.37. The normalized spacial score (nSPS) is 26.2. The lowest BCUT2D eigenvalue weighted by Crippen LogP contribution is -2.58. The van der Waals surface area contributed by atoms with Crippen LogP contribution in [0.1, 0.15) is 56.4 Å². The highest BCUT2D eigenvalue weighted by atomic mass is 15.4. The van der Waals surface area contributed by atoms with E-state index >= 15 is 0 Å². The second kappa shape index (κ2) is 6.67. The Hall–Kier alpha value is -2.08. The van der Waals surface area contributed by atoms with Crippen LogP contribution in [0.3, 0.4) is 0 Å². The van der Waals surface area contributed by atoms with Gasteiger partial charge in [0.2, 0.25) is 11.9 Å². The molecular formula is C19H28N6. The van der Waals surface area contributed by atoms with Crippen molar-refractivity contribution < 1.29 is 0 Å². The quantitative estimate of drug-likeness (QED) is 0.770. The van der Waals surface area contributed by atoms with Crippen LogP contribution in [0, 0.1) is 0 Å². The van der Waals surface area contributed by atoms with Gasteiger partial charge in [0, 0.05) is 12.2 Å². The average molecular weight is 340 g/mol. The van der Waals surface area contributed by atoms with Crippen molar-refractivity contribution in [2.24, 2.45) is 21.5 Å². The minimum atomic E-state index is -0.359. The smallest absolute Gasteiger partial charge is 0.220 e. The van der Waals surface area contributed by atoms with Gasteiger partial charge in [0.25, 0.3) is 0 Å². The molecule has 2 heterocycles. The monoisotopic (exact) mass is 340 g/mol. The molecule has 1 aromatic carbocycles. The van der Waals surface area contributed by atoms with E-state index in [1.807, 2.05) is 0 Å². The molecule has 6 nitrogen and oxygen atoms in total. The van der Waals surface area contributed by atoms with Gasteiger partial charge in [0.15, 0.2) is 0 Å². The third kappa shape index (κ3) is 3.11. The second-order valence-corrected chi connectivity index (χ2v) is 7.45. The highest BCUT2D eigenvalue weighted by Gasteiger charge is 2.42. The first kappa shape index (κ1) is 16.4. The summed E-state index contributed by atoms with van der Waals surface area (Å²) in [6.07, 6.45) is 7.98. The summed E-state index contributed by atoms with van der Waals surface area (Å²) in [5.41, 5.74) is 14.3. The lowest BCUT2D eigenvalue weighted by atomic mass is 9.87. The number of nitrogens with two attached hydrogens (primary N) is 2. The first-order chi connectivity index (χ1) is 12.2. The number of aliphatic imine (C=N–C) groups is 2. The Labute approximate surface area is 149 Å². The Balaban J connectivity index is 1.63. The van der Waals surface area contributed by atoms with Crippen LogP contribution in [0.4, 0.5) is 5.69 Å². The van der Waals surface area contributed by atoms with Crippen LogP contribution in [0.2, 0.25) is 0 Å². The molecule has 1 saturated heterocycles. The van der Waals surface area contributed by atoms with E-state index < -0.39 is 0 Å². The maximum atomic E-state index is 6.29. The largest absolute Gasteiger partial charge is 0.369 e. The van der Waals surface area contributed by atoms with Crippen molar-refractivity contribution in [3.05, 3.63) is 29.8 Å². The third-order valence-electron chi connectivity index (χ3n) is 5.77. The molecule has 134 valence electrons. The molecule has 2 aliphatic heterocycles. The average Bonchev–Trinajstić information content (AvgIpc) is 2.63. The number of nitrogens with zero attached hydrogens (tertiary/aromatic N) is 3. The number of benzene rings is 1. The number of piperidine rings is 1. The van der Waals surface area contributed by atoms with Crippen molar-refractivity contribution in [3.63, 3.8) is 0 Å². The van der Waals surface area contributed by atoms with Gasteiger partial charge in [-0.1, -0.05) is 18.6 Å². The molecule has 0 amide bonds. The van der Waals surface area contributed by atoms with E-state index in [1.165, 1.54) is 24.8 Å². The molecule has 0 aromatic heterocycles. The zero-order valence-corrected chi connectivity index (χ0v) is 14.7. The molecule has 0 radical (unpaired) electrons. The lowest BCUT2D eigenvalue weighted by Gasteiger charge is -2.45. The number of hydrogen-bond acceptors (Lipinski definition) is 6. The topological polar surface area (TPSA) is 92.0 Å². The number of guanidine groups is 2. The van der Waals surface area contributed by atoms with E-state index in [-0.39, 0.29) is 5.66 Å². The molecular weight excluding hydrogens is 312 g/mol. The first-order valence-corrected chi connectivity index (χ1v) is 9.48. The molecule has 1 atom stereocenters. The van der Waals surface area contributed by atoms with E-state index in [9.17, 15) is 0 Å². The molecule has 4 rings (SSSR count). The molecule has 1 spiro atoms. The van der Waals surface area contributed by atoms with Crippen molar-refractivity contribution in [1.29, 1.82) is 0 Å². The van der Waals surface area contributed by atoms with E-state index in [1.54, 1.807) is 0 Å². The van der Waals surface area contributed by atoms with E-state index in [0.29, 0.717) is 17.8 Å². The molecule has 3 aliphatic rings. The van der Waals surface area contributed by atoms with Crippen LogP contribution < -0.4 is 21.7 Å². The van der Waals surface area contributed by atoms with Crippen LogP contribution in [0.15, 0.2) is 34.3 Å². The number of rotatable bonds is 2. The molecule has 5 N–H and O–H groups in total. The fraction of sp³-hybridized carbons (Fsp3) is 0.579. The highest BCUT2D eigenvalue weighted by Crippen LogP contribution is 2.39. The fourth-order valence-electron chi connectivity index (χ4n) is 4.53. The van der Waals surface area contributed by atoms with Gasteiger partial charge in [0.1, 0.15) is 5.66 Å². The summed E-state index contributed by atoms with van der Waals surface area (Å²) in [7, 11) is 0. The third-order valence-corrected chi connectivity index (χ3v) is 5.77. The van der Waals surface area contributed by atoms with Crippen LogP contribution in [-0.4, -0.2) is 30.7 Å².